The van der Waals surface area contributed by atoms with E-state index in [1.54, 1.807) is 16.8 Å². The highest BCUT2D eigenvalue weighted by atomic mass is 32.2. The molecule has 6 nitrogen and oxygen atoms in total. The van der Waals surface area contributed by atoms with E-state index in [2.05, 4.69) is 15.1 Å². The molecule has 3 N–H and O–H groups in total. The number of pyridine rings is 1. The number of nitrogens with zero attached hydrogens (tertiary/aromatic N) is 4. The molecule has 17 heavy (non-hydrogen) atoms. The lowest BCUT2D eigenvalue weighted by atomic mass is 10.2. The van der Waals surface area contributed by atoms with Crippen molar-refractivity contribution in [3.05, 3.63) is 29.7 Å². The van der Waals surface area contributed by atoms with E-state index in [0.29, 0.717) is 5.56 Å². The predicted molar refractivity (Wildman–Crippen MR) is 65.1 cm³/mol. The van der Waals surface area contributed by atoms with Gasteiger partial charge >= 0.3 is 0 Å². The van der Waals surface area contributed by atoms with Crippen LogP contribution in [0.3, 0.4) is 0 Å². The van der Waals surface area contributed by atoms with E-state index >= 15 is 0 Å². The van der Waals surface area contributed by atoms with Gasteiger partial charge in [0.1, 0.15) is 17.2 Å². The third-order valence-corrected chi connectivity index (χ3v) is 3.08. The van der Waals surface area contributed by atoms with E-state index in [9.17, 15) is 0 Å². The van der Waals surface area contributed by atoms with Crippen molar-refractivity contribution >= 4 is 17.6 Å². The van der Waals surface area contributed by atoms with Crippen molar-refractivity contribution in [2.24, 2.45) is 12.8 Å². The van der Waals surface area contributed by atoms with Crippen molar-refractivity contribution in [1.82, 2.24) is 19.7 Å². The van der Waals surface area contributed by atoms with Crippen molar-refractivity contribution in [1.29, 1.82) is 5.41 Å². The number of aromatic nitrogens is 4. The van der Waals surface area contributed by atoms with Gasteiger partial charge in [0.05, 0.1) is 0 Å². The zero-order chi connectivity index (χ0) is 12.4. The first-order valence-corrected chi connectivity index (χ1v) is 5.73. The van der Waals surface area contributed by atoms with Crippen LogP contribution in [0.5, 0.6) is 0 Å². The number of nitrogen functional groups attached to an aromatic ring is 1. The molecule has 88 valence electrons. The molecular formula is C10H12N6S. The number of nitrogens with two attached hydrogens (primary N) is 1. The van der Waals surface area contributed by atoms with Gasteiger partial charge < -0.3 is 5.73 Å². The second-order valence-corrected chi connectivity index (χ2v) is 4.50. The Balaban J connectivity index is 2.33. The van der Waals surface area contributed by atoms with Crippen LogP contribution in [0.1, 0.15) is 11.3 Å². The Kier molecular flexibility index (Phi) is 3.10. The van der Waals surface area contributed by atoms with E-state index in [0.717, 1.165) is 15.9 Å². The smallest absolute Gasteiger partial charge is 0.192 e. The molecule has 0 saturated heterocycles. The molecule has 0 aromatic carbocycles. The molecule has 0 amide bonds. The van der Waals surface area contributed by atoms with E-state index < -0.39 is 0 Å². The normalized spacial score (nSPS) is 10.5. The van der Waals surface area contributed by atoms with Crippen molar-refractivity contribution in [3.63, 3.8) is 0 Å². The molecule has 0 bridgehead atoms. The first-order chi connectivity index (χ1) is 8.06. The van der Waals surface area contributed by atoms with E-state index in [1.807, 2.05) is 14.0 Å². The lowest BCUT2D eigenvalue weighted by Crippen LogP contribution is -2.11. The van der Waals surface area contributed by atoms with Gasteiger partial charge in [0, 0.05) is 18.3 Å². The molecule has 0 fully saturated rings. The predicted octanol–water partition coefficient (Wildman–Crippen LogP) is 0.954. The zero-order valence-electron chi connectivity index (χ0n) is 9.51. The van der Waals surface area contributed by atoms with Crippen molar-refractivity contribution < 1.29 is 0 Å². The summed E-state index contributed by atoms with van der Waals surface area (Å²) in [6.07, 6.45) is 1.49. The highest BCUT2D eigenvalue weighted by Gasteiger charge is 2.07. The number of hydrogen-bond acceptors (Lipinski definition) is 5. The Morgan fingerprint density at radius 3 is 2.82 bits per heavy atom. The summed E-state index contributed by atoms with van der Waals surface area (Å²) >= 11 is 1.39. The van der Waals surface area contributed by atoms with Crippen molar-refractivity contribution in [3.8, 4) is 0 Å². The molecular weight excluding hydrogens is 236 g/mol. The topological polar surface area (TPSA) is 93.5 Å². The number of rotatable bonds is 3. The maximum atomic E-state index is 7.43. The molecule has 7 heteroatoms. The van der Waals surface area contributed by atoms with Crippen molar-refractivity contribution in [2.45, 2.75) is 17.1 Å². The molecule has 0 saturated carbocycles. The van der Waals surface area contributed by atoms with Gasteiger partial charge in [-0.15, -0.1) is 0 Å². The SMILES string of the molecule is Cc1cc(C(=N)N)cc(Sc2ncnn2C)n1. The van der Waals surface area contributed by atoms with Crippen LogP contribution in [0.2, 0.25) is 0 Å². The Hall–Kier alpha value is -1.89. The van der Waals surface area contributed by atoms with E-state index in [-0.39, 0.29) is 5.84 Å². The Morgan fingerprint density at radius 1 is 1.47 bits per heavy atom. The third kappa shape index (κ3) is 2.62. The molecule has 0 aliphatic heterocycles. The Labute approximate surface area is 103 Å². The van der Waals surface area contributed by atoms with Crippen LogP contribution in [0, 0.1) is 12.3 Å². The summed E-state index contributed by atoms with van der Waals surface area (Å²) in [4.78, 5) is 8.47. The lowest BCUT2D eigenvalue weighted by Gasteiger charge is -2.04. The largest absolute Gasteiger partial charge is 0.384 e. The molecule has 0 radical (unpaired) electrons. The fraction of sp³-hybridized carbons (Fsp3) is 0.200. The summed E-state index contributed by atoms with van der Waals surface area (Å²) in [5.74, 6) is 0.0373. The summed E-state index contributed by atoms with van der Waals surface area (Å²) in [7, 11) is 1.82. The molecule has 2 aromatic heterocycles. The number of nitrogens with one attached hydrogen (secondary N) is 1. The second-order valence-electron chi connectivity index (χ2n) is 3.52. The molecule has 2 rings (SSSR count). The van der Waals surface area contributed by atoms with E-state index in [1.165, 1.54) is 18.1 Å². The molecule has 2 heterocycles. The minimum Gasteiger partial charge on any atom is -0.384 e. The van der Waals surface area contributed by atoms with Crippen LogP contribution in [0.4, 0.5) is 0 Å². The highest BCUT2D eigenvalue weighted by molar-refractivity contribution is 7.99. The Morgan fingerprint density at radius 2 is 2.24 bits per heavy atom. The maximum absolute atomic E-state index is 7.43. The van der Waals surface area contributed by atoms with Crippen LogP contribution in [0.15, 0.2) is 28.6 Å². The second kappa shape index (κ2) is 4.54. The van der Waals surface area contributed by atoms with Crippen molar-refractivity contribution in [2.75, 3.05) is 0 Å². The number of aryl methyl sites for hydroxylation is 2. The zero-order valence-corrected chi connectivity index (χ0v) is 10.3. The minimum absolute atomic E-state index is 0.0373. The lowest BCUT2D eigenvalue weighted by molar-refractivity contribution is 0.684. The average Bonchev–Trinajstić information content (AvgIpc) is 2.63. The van der Waals surface area contributed by atoms with E-state index in [4.69, 9.17) is 11.1 Å². The molecule has 0 aliphatic rings. The van der Waals surface area contributed by atoms with Gasteiger partial charge in [0.2, 0.25) is 0 Å². The quantitative estimate of drug-likeness (QED) is 0.623. The summed E-state index contributed by atoms with van der Waals surface area (Å²) in [5, 5.41) is 12.9. The van der Waals surface area contributed by atoms with Crippen LogP contribution in [0.25, 0.3) is 0 Å². The van der Waals surface area contributed by atoms with Gasteiger partial charge in [0.25, 0.3) is 0 Å². The molecule has 0 atom stereocenters. The van der Waals surface area contributed by atoms with Crippen LogP contribution < -0.4 is 5.73 Å². The summed E-state index contributed by atoms with van der Waals surface area (Å²) in [6.45, 7) is 1.87. The van der Waals surface area contributed by atoms with Gasteiger partial charge in [-0.2, -0.15) is 5.10 Å². The first-order valence-electron chi connectivity index (χ1n) is 4.91. The first kappa shape index (κ1) is 11.6. The van der Waals surface area contributed by atoms with Gasteiger partial charge in [-0.3, -0.25) is 5.41 Å². The van der Waals surface area contributed by atoms with Gasteiger partial charge in [-0.25, -0.2) is 14.6 Å². The monoisotopic (exact) mass is 248 g/mol. The fourth-order valence-corrected chi connectivity index (χ4v) is 2.16. The molecule has 0 aliphatic carbocycles. The standard InChI is InChI=1S/C10H12N6S/c1-6-3-7(9(11)12)4-8(15-6)17-10-13-5-14-16(10)2/h3-5H,1-2H3,(H3,11,12). The van der Waals surface area contributed by atoms with Gasteiger partial charge in [-0.05, 0) is 30.8 Å². The molecule has 0 unspecified atom stereocenters. The van der Waals surface area contributed by atoms with Crippen LogP contribution >= 0.6 is 11.8 Å². The summed E-state index contributed by atoms with van der Waals surface area (Å²) < 4.78 is 1.67. The third-order valence-electron chi connectivity index (χ3n) is 2.11. The molecule has 2 aromatic rings. The summed E-state index contributed by atoms with van der Waals surface area (Å²) in [6, 6.07) is 3.55. The Bertz CT molecular complexity index is 562. The van der Waals surface area contributed by atoms with Gasteiger partial charge in [0.15, 0.2) is 5.16 Å². The fourth-order valence-electron chi connectivity index (χ4n) is 1.32. The number of amidine groups is 1. The average molecular weight is 248 g/mol. The van der Waals surface area contributed by atoms with Gasteiger partial charge in [-0.1, -0.05) is 0 Å². The molecule has 0 spiro atoms. The maximum Gasteiger partial charge on any atom is 0.192 e. The highest BCUT2D eigenvalue weighted by Crippen LogP contribution is 2.24. The van der Waals surface area contributed by atoms with Crippen LogP contribution in [-0.2, 0) is 7.05 Å². The minimum atomic E-state index is 0.0373. The number of hydrogen-bond donors (Lipinski definition) is 2. The van der Waals surface area contributed by atoms with Crippen LogP contribution in [-0.4, -0.2) is 25.6 Å². The summed E-state index contributed by atoms with van der Waals surface area (Å²) in [5.41, 5.74) is 6.96.